The lowest BCUT2D eigenvalue weighted by molar-refractivity contribution is 0.0864. The summed E-state index contributed by atoms with van der Waals surface area (Å²) in [5.41, 5.74) is 0. The molecule has 0 aliphatic carbocycles. The molecule has 0 heterocycles. The van der Waals surface area contributed by atoms with Gasteiger partial charge in [-0.1, -0.05) is 19.1 Å². The van der Waals surface area contributed by atoms with Crippen molar-refractivity contribution in [2.24, 2.45) is 0 Å². The van der Waals surface area contributed by atoms with E-state index >= 15 is 0 Å². The largest absolute Gasteiger partial charge is 0.393 e. The Morgan fingerprint density at radius 1 is 1.29 bits per heavy atom. The van der Waals surface area contributed by atoms with E-state index < -0.39 is 12.2 Å². The Kier molecular flexibility index (Phi) is 8.24. The van der Waals surface area contributed by atoms with Gasteiger partial charge in [0.1, 0.15) is 0 Å². The smallest absolute Gasteiger partial charge is 0.0728 e. The van der Waals surface area contributed by atoms with E-state index in [9.17, 15) is 5.11 Å². The molecule has 3 heteroatoms. The Labute approximate surface area is 91.6 Å². The van der Waals surface area contributed by atoms with Crippen molar-refractivity contribution in [2.75, 3.05) is 0 Å². The summed E-state index contributed by atoms with van der Waals surface area (Å²) in [5, 5.41) is 18.3. The van der Waals surface area contributed by atoms with Crippen molar-refractivity contribution in [2.45, 2.75) is 57.1 Å². The van der Waals surface area contributed by atoms with Gasteiger partial charge in [-0.15, -0.1) is 11.6 Å². The van der Waals surface area contributed by atoms with E-state index in [0.29, 0.717) is 6.42 Å². The molecule has 0 rings (SSSR count). The fraction of sp³-hybridized carbons (Fsp3) is 0.818. The minimum atomic E-state index is -0.605. The normalized spacial score (nSPS) is 18.4. The van der Waals surface area contributed by atoms with Crippen LogP contribution in [0.4, 0.5) is 0 Å². The topological polar surface area (TPSA) is 40.5 Å². The van der Waals surface area contributed by atoms with Crippen LogP contribution in [0.3, 0.4) is 0 Å². The molecule has 0 saturated carbocycles. The lowest BCUT2D eigenvalue weighted by Crippen LogP contribution is -2.24. The fourth-order valence-electron chi connectivity index (χ4n) is 1.23. The van der Waals surface area contributed by atoms with Gasteiger partial charge in [0.25, 0.3) is 0 Å². The van der Waals surface area contributed by atoms with Crippen LogP contribution in [-0.2, 0) is 0 Å². The van der Waals surface area contributed by atoms with Gasteiger partial charge in [0, 0.05) is 6.42 Å². The van der Waals surface area contributed by atoms with Crippen molar-refractivity contribution in [1.82, 2.24) is 0 Å². The van der Waals surface area contributed by atoms with Crippen molar-refractivity contribution in [3.63, 3.8) is 0 Å². The van der Waals surface area contributed by atoms with Gasteiger partial charge in [-0.3, -0.25) is 0 Å². The molecule has 0 fully saturated rings. The quantitative estimate of drug-likeness (QED) is 0.511. The SMILES string of the molecule is CCC=CCC[C@@H](Cl)[C@@H](O)C[C@H](C)O. The monoisotopic (exact) mass is 220 g/mol. The van der Waals surface area contributed by atoms with E-state index in [1.165, 1.54) is 0 Å². The Balaban J connectivity index is 3.61. The summed E-state index contributed by atoms with van der Waals surface area (Å²) in [6, 6.07) is 0. The third-order valence-electron chi connectivity index (χ3n) is 2.01. The molecule has 2 nitrogen and oxygen atoms in total. The highest BCUT2D eigenvalue weighted by atomic mass is 35.5. The third kappa shape index (κ3) is 7.36. The fourth-order valence-corrected chi connectivity index (χ4v) is 1.46. The van der Waals surface area contributed by atoms with Crippen LogP contribution in [0.25, 0.3) is 0 Å². The summed E-state index contributed by atoms with van der Waals surface area (Å²) >= 11 is 5.96. The Morgan fingerprint density at radius 3 is 2.43 bits per heavy atom. The number of allylic oxidation sites excluding steroid dienone is 2. The number of aliphatic hydroxyl groups excluding tert-OH is 2. The van der Waals surface area contributed by atoms with Gasteiger partial charge in [0.15, 0.2) is 0 Å². The van der Waals surface area contributed by atoms with Crippen LogP contribution in [0.2, 0.25) is 0 Å². The average molecular weight is 221 g/mol. The number of halogens is 1. The molecule has 0 aromatic heterocycles. The van der Waals surface area contributed by atoms with E-state index in [1.807, 2.05) is 0 Å². The number of rotatable bonds is 7. The van der Waals surface area contributed by atoms with E-state index in [2.05, 4.69) is 19.1 Å². The first kappa shape index (κ1) is 13.9. The van der Waals surface area contributed by atoms with Crippen LogP contribution >= 0.6 is 11.6 Å². The maximum atomic E-state index is 9.53. The summed E-state index contributed by atoms with van der Waals surface area (Å²) in [4.78, 5) is 0. The average Bonchev–Trinajstić information content (AvgIpc) is 2.11. The summed E-state index contributed by atoms with van der Waals surface area (Å²) in [6.07, 6.45) is 6.10. The van der Waals surface area contributed by atoms with Crippen molar-refractivity contribution in [3.8, 4) is 0 Å². The van der Waals surface area contributed by atoms with E-state index in [-0.39, 0.29) is 5.38 Å². The summed E-state index contributed by atoms with van der Waals surface area (Å²) in [7, 11) is 0. The standard InChI is InChI=1S/C11H21ClO2/c1-3-4-5-6-7-10(12)11(14)8-9(2)13/h4-5,9-11,13-14H,3,6-8H2,1-2H3/t9-,10+,11-/m0/s1. The number of hydrogen-bond donors (Lipinski definition) is 2. The van der Waals surface area contributed by atoms with Gasteiger partial charge in [-0.2, -0.15) is 0 Å². The van der Waals surface area contributed by atoms with Crippen molar-refractivity contribution >= 4 is 11.6 Å². The minimum Gasteiger partial charge on any atom is -0.393 e. The molecule has 0 bridgehead atoms. The first-order valence-corrected chi connectivity index (χ1v) is 5.66. The van der Waals surface area contributed by atoms with E-state index in [4.69, 9.17) is 16.7 Å². The molecule has 0 aromatic rings. The maximum absolute atomic E-state index is 9.53. The second-order valence-corrected chi connectivity index (χ2v) is 4.19. The Bertz CT molecular complexity index is 157. The van der Waals surface area contributed by atoms with Crippen LogP contribution < -0.4 is 0 Å². The highest BCUT2D eigenvalue weighted by Gasteiger charge is 2.17. The zero-order valence-electron chi connectivity index (χ0n) is 8.99. The number of alkyl halides is 1. The molecule has 2 N–H and O–H groups in total. The molecule has 0 amide bonds. The van der Waals surface area contributed by atoms with Gasteiger partial charge >= 0.3 is 0 Å². The number of aliphatic hydroxyl groups is 2. The molecule has 0 aromatic carbocycles. The first-order valence-electron chi connectivity index (χ1n) is 5.23. The zero-order valence-corrected chi connectivity index (χ0v) is 9.74. The summed E-state index contributed by atoms with van der Waals surface area (Å²) < 4.78 is 0. The lowest BCUT2D eigenvalue weighted by Gasteiger charge is -2.17. The Hall–Kier alpha value is -0.0500. The van der Waals surface area contributed by atoms with E-state index in [0.717, 1.165) is 19.3 Å². The van der Waals surface area contributed by atoms with E-state index in [1.54, 1.807) is 6.92 Å². The minimum absolute atomic E-state index is 0.258. The van der Waals surface area contributed by atoms with Gasteiger partial charge in [-0.25, -0.2) is 0 Å². The predicted molar refractivity (Wildman–Crippen MR) is 60.6 cm³/mol. The molecule has 0 spiro atoms. The molecule has 0 radical (unpaired) electrons. The molecule has 84 valence electrons. The van der Waals surface area contributed by atoms with Crippen LogP contribution in [0, 0.1) is 0 Å². The third-order valence-corrected chi connectivity index (χ3v) is 2.52. The molecular weight excluding hydrogens is 200 g/mol. The second kappa shape index (κ2) is 8.27. The van der Waals surface area contributed by atoms with Gasteiger partial charge in [0.2, 0.25) is 0 Å². The molecule has 0 aliphatic heterocycles. The predicted octanol–water partition coefficient (Wildman–Crippen LogP) is 2.47. The zero-order chi connectivity index (χ0) is 11.0. The van der Waals surface area contributed by atoms with Crippen LogP contribution in [-0.4, -0.2) is 27.8 Å². The van der Waals surface area contributed by atoms with Crippen LogP contribution in [0.1, 0.15) is 39.5 Å². The summed E-state index contributed by atoms with van der Waals surface area (Å²) in [6.45, 7) is 3.74. The highest BCUT2D eigenvalue weighted by molar-refractivity contribution is 6.21. The van der Waals surface area contributed by atoms with Crippen molar-refractivity contribution in [1.29, 1.82) is 0 Å². The summed E-state index contributed by atoms with van der Waals surface area (Å²) in [5.74, 6) is 0. The molecular formula is C11H21ClO2. The van der Waals surface area contributed by atoms with Crippen molar-refractivity contribution < 1.29 is 10.2 Å². The van der Waals surface area contributed by atoms with Crippen LogP contribution in [0.5, 0.6) is 0 Å². The van der Waals surface area contributed by atoms with Gasteiger partial charge in [-0.05, 0) is 26.2 Å². The maximum Gasteiger partial charge on any atom is 0.0728 e. The highest BCUT2D eigenvalue weighted by Crippen LogP contribution is 2.15. The second-order valence-electron chi connectivity index (χ2n) is 3.63. The van der Waals surface area contributed by atoms with Crippen molar-refractivity contribution in [3.05, 3.63) is 12.2 Å². The number of hydrogen-bond acceptors (Lipinski definition) is 2. The molecule has 3 atom stereocenters. The molecule has 0 aliphatic rings. The molecule has 14 heavy (non-hydrogen) atoms. The first-order chi connectivity index (χ1) is 6.57. The van der Waals surface area contributed by atoms with Gasteiger partial charge in [0.05, 0.1) is 17.6 Å². The Morgan fingerprint density at radius 2 is 1.93 bits per heavy atom. The molecule has 0 saturated heterocycles. The van der Waals surface area contributed by atoms with Crippen LogP contribution in [0.15, 0.2) is 12.2 Å². The van der Waals surface area contributed by atoms with Gasteiger partial charge < -0.3 is 10.2 Å². The lowest BCUT2D eigenvalue weighted by atomic mass is 10.1. The molecule has 0 unspecified atom stereocenters.